The molecule has 2 rings (SSSR count). The van der Waals surface area contributed by atoms with Crippen LogP contribution in [-0.4, -0.2) is 0 Å². The van der Waals surface area contributed by atoms with Crippen LogP contribution in [-0.2, 0) is 0 Å². The fourth-order valence-electron chi connectivity index (χ4n) is 1.33. The van der Waals surface area contributed by atoms with E-state index in [1.54, 1.807) is 12.1 Å². The average molecular weight is 202 g/mol. The van der Waals surface area contributed by atoms with E-state index in [9.17, 15) is 4.39 Å². The predicted octanol–water partition coefficient (Wildman–Crippen LogP) is 2.54. The van der Waals surface area contributed by atoms with Gasteiger partial charge in [0.25, 0.3) is 0 Å². The number of benzene rings is 1. The van der Waals surface area contributed by atoms with Crippen LogP contribution in [0.2, 0.25) is 0 Å². The van der Waals surface area contributed by atoms with Crippen molar-refractivity contribution in [2.75, 3.05) is 5.73 Å². The molecule has 0 aliphatic rings. The van der Waals surface area contributed by atoms with Gasteiger partial charge in [-0.1, -0.05) is 12.1 Å². The first-order valence-corrected chi connectivity index (χ1v) is 4.25. The van der Waals surface area contributed by atoms with Crippen LogP contribution in [0.25, 0.3) is 11.1 Å². The van der Waals surface area contributed by atoms with Gasteiger partial charge < -0.3 is 10.2 Å². The van der Waals surface area contributed by atoms with Gasteiger partial charge in [-0.15, -0.1) is 0 Å². The molecule has 0 saturated carbocycles. The second kappa shape index (κ2) is 3.46. The molecule has 1 heterocycles. The molecule has 4 heteroatoms. The zero-order chi connectivity index (χ0) is 10.8. The maximum atomic E-state index is 12.7. The Labute approximate surface area is 85.5 Å². The topological polar surface area (TPSA) is 63.0 Å². The molecule has 2 aromatic rings. The number of hydrogen-bond donors (Lipinski definition) is 1. The van der Waals surface area contributed by atoms with Crippen molar-refractivity contribution < 1.29 is 8.81 Å². The van der Waals surface area contributed by atoms with Crippen molar-refractivity contribution in [1.29, 1.82) is 5.26 Å². The van der Waals surface area contributed by atoms with Gasteiger partial charge in [-0.3, -0.25) is 0 Å². The lowest BCUT2D eigenvalue weighted by atomic mass is 10.1. The van der Waals surface area contributed by atoms with E-state index in [1.165, 1.54) is 18.4 Å². The van der Waals surface area contributed by atoms with Gasteiger partial charge in [0.05, 0.1) is 0 Å². The third-order valence-electron chi connectivity index (χ3n) is 2.09. The number of nitriles is 1. The molecule has 74 valence electrons. The molecule has 0 aliphatic carbocycles. The Bertz CT molecular complexity index is 523. The van der Waals surface area contributed by atoms with Crippen LogP contribution in [0.1, 0.15) is 5.56 Å². The van der Waals surface area contributed by atoms with E-state index < -0.39 is 0 Å². The number of halogens is 1. The second-order valence-electron chi connectivity index (χ2n) is 3.01. The highest BCUT2D eigenvalue weighted by Gasteiger charge is 2.12. The summed E-state index contributed by atoms with van der Waals surface area (Å²) in [5.74, 6) is -0.245. The predicted molar refractivity (Wildman–Crippen MR) is 53.2 cm³/mol. The lowest BCUT2D eigenvalue weighted by Gasteiger charge is -1.96. The fourth-order valence-corrected chi connectivity index (χ4v) is 1.33. The number of rotatable bonds is 1. The molecule has 0 atom stereocenters. The Morgan fingerprint density at radius 3 is 2.53 bits per heavy atom. The van der Waals surface area contributed by atoms with Gasteiger partial charge in [-0.05, 0) is 17.7 Å². The largest absolute Gasteiger partial charge is 0.447 e. The minimum absolute atomic E-state index is 0.0804. The van der Waals surface area contributed by atoms with Crippen LogP contribution in [0.3, 0.4) is 0 Å². The van der Waals surface area contributed by atoms with Crippen LogP contribution in [0, 0.1) is 17.1 Å². The fraction of sp³-hybridized carbons (Fsp3) is 0. The first kappa shape index (κ1) is 9.28. The third kappa shape index (κ3) is 1.55. The smallest absolute Gasteiger partial charge is 0.208 e. The summed E-state index contributed by atoms with van der Waals surface area (Å²) >= 11 is 0. The Morgan fingerprint density at radius 1 is 1.27 bits per heavy atom. The van der Waals surface area contributed by atoms with Crippen molar-refractivity contribution in [2.24, 2.45) is 0 Å². The summed E-state index contributed by atoms with van der Waals surface area (Å²) in [6.07, 6.45) is 1.39. The summed E-state index contributed by atoms with van der Waals surface area (Å²) in [6.45, 7) is 0. The van der Waals surface area contributed by atoms with Gasteiger partial charge in [0.15, 0.2) is 0 Å². The van der Waals surface area contributed by atoms with Gasteiger partial charge >= 0.3 is 0 Å². The Balaban J connectivity index is 2.55. The Hall–Kier alpha value is -2.28. The van der Waals surface area contributed by atoms with E-state index in [2.05, 4.69) is 0 Å². The molecule has 1 aromatic heterocycles. The molecule has 1 aromatic carbocycles. The first-order valence-electron chi connectivity index (χ1n) is 4.25. The van der Waals surface area contributed by atoms with Crippen LogP contribution < -0.4 is 5.73 Å². The summed E-state index contributed by atoms with van der Waals surface area (Å²) in [6, 6.07) is 7.72. The molecule has 0 fully saturated rings. The van der Waals surface area contributed by atoms with Crippen molar-refractivity contribution in [2.45, 2.75) is 0 Å². The Morgan fingerprint density at radius 2 is 1.93 bits per heavy atom. The highest BCUT2D eigenvalue weighted by Crippen LogP contribution is 2.28. The highest BCUT2D eigenvalue weighted by molar-refractivity contribution is 5.74. The summed E-state index contributed by atoms with van der Waals surface area (Å²) in [4.78, 5) is 0. The molecule has 0 aliphatic heterocycles. The van der Waals surface area contributed by atoms with E-state index in [1.807, 2.05) is 6.07 Å². The third-order valence-corrected chi connectivity index (χ3v) is 2.09. The van der Waals surface area contributed by atoms with Crippen LogP contribution >= 0.6 is 0 Å². The van der Waals surface area contributed by atoms with Crippen molar-refractivity contribution in [3.05, 3.63) is 41.9 Å². The number of anilines is 1. The monoisotopic (exact) mass is 202 g/mol. The van der Waals surface area contributed by atoms with E-state index in [-0.39, 0.29) is 17.3 Å². The van der Waals surface area contributed by atoms with Crippen molar-refractivity contribution in [1.82, 2.24) is 0 Å². The van der Waals surface area contributed by atoms with Gasteiger partial charge in [0.1, 0.15) is 23.7 Å². The normalized spacial score (nSPS) is 9.87. The minimum atomic E-state index is -0.325. The molecule has 15 heavy (non-hydrogen) atoms. The van der Waals surface area contributed by atoms with Crippen LogP contribution in [0.4, 0.5) is 10.3 Å². The molecule has 2 N–H and O–H groups in total. The number of nitrogens with zero attached hydrogens (tertiary/aromatic N) is 1. The number of hydrogen-bond acceptors (Lipinski definition) is 3. The van der Waals surface area contributed by atoms with Gasteiger partial charge in [0, 0.05) is 5.56 Å². The molecule has 0 radical (unpaired) electrons. The lowest BCUT2D eigenvalue weighted by molar-refractivity contribution is 0.588. The van der Waals surface area contributed by atoms with Gasteiger partial charge in [-0.2, -0.15) is 5.26 Å². The Kier molecular flexibility index (Phi) is 2.14. The summed E-state index contributed by atoms with van der Waals surface area (Å²) in [5.41, 5.74) is 7.02. The molecule has 0 unspecified atom stereocenters. The highest BCUT2D eigenvalue weighted by atomic mass is 19.1. The number of furan rings is 1. The molecule has 0 bridgehead atoms. The quantitative estimate of drug-likeness (QED) is 0.772. The maximum Gasteiger partial charge on any atom is 0.208 e. The van der Waals surface area contributed by atoms with E-state index in [0.717, 1.165) is 0 Å². The summed E-state index contributed by atoms with van der Waals surface area (Å²) < 4.78 is 17.6. The molecular weight excluding hydrogens is 195 g/mol. The first-order chi connectivity index (χ1) is 7.22. The molecule has 0 amide bonds. The number of nitrogen functional groups attached to an aromatic ring is 1. The van der Waals surface area contributed by atoms with E-state index >= 15 is 0 Å². The standard InChI is InChI=1S/C11H7FN2O/c12-8-3-1-7(2-4-8)10-6-15-11(14)9(10)5-13/h1-4,6H,14H2. The summed E-state index contributed by atoms with van der Waals surface area (Å²) in [5, 5.41) is 8.84. The van der Waals surface area contributed by atoms with Crippen molar-refractivity contribution in [3.63, 3.8) is 0 Å². The second-order valence-corrected chi connectivity index (χ2v) is 3.01. The van der Waals surface area contributed by atoms with E-state index in [0.29, 0.717) is 11.1 Å². The summed E-state index contributed by atoms with van der Waals surface area (Å²) in [7, 11) is 0. The number of nitrogens with two attached hydrogens (primary N) is 1. The molecule has 0 saturated heterocycles. The average Bonchev–Trinajstić information content (AvgIpc) is 2.61. The maximum absolute atomic E-state index is 12.7. The van der Waals surface area contributed by atoms with Crippen molar-refractivity contribution >= 4 is 5.88 Å². The van der Waals surface area contributed by atoms with E-state index in [4.69, 9.17) is 15.4 Å². The molecular formula is C11H7FN2O. The molecule has 3 nitrogen and oxygen atoms in total. The van der Waals surface area contributed by atoms with Gasteiger partial charge in [-0.25, -0.2) is 4.39 Å². The van der Waals surface area contributed by atoms with Gasteiger partial charge in [0.2, 0.25) is 5.88 Å². The molecule has 0 spiro atoms. The minimum Gasteiger partial charge on any atom is -0.447 e. The zero-order valence-electron chi connectivity index (χ0n) is 7.70. The SMILES string of the molecule is N#Cc1c(-c2ccc(F)cc2)coc1N. The lowest BCUT2D eigenvalue weighted by Crippen LogP contribution is -1.86. The van der Waals surface area contributed by atoms with Crippen LogP contribution in [0.15, 0.2) is 34.9 Å². The zero-order valence-corrected chi connectivity index (χ0v) is 7.70. The van der Waals surface area contributed by atoms with Crippen molar-refractivity contribution in [3.8, 4) is 17.2 Å². The van der Waals surface area contributed by atoms with Crippen LogP contribution in [0.5, 0.6) is 0 Å².